The highest BCUT2D eigenvalue weighted by Gasteiger charge is 2.24. The molecule has 0 spiro atoms. The minimum Gasteiger partial charge on any atom is -0.486 e. The van der Waals surface area contributed by atoms with Crippen LogP contribution in [-0.2, 0) is 23.1 Å². The normalized spacial score (nSPS) is 13.6. The van der Waals surface area contributed by atoms with E-state index in [0.29, 0.717) is 31.3 Å². The molecule has 1 aliphatic rings. The molecule has 146 valence electrons. The second-order valence-corrected chi connectivity index (χ2v) is 8.64. The molecule has 0 aliphatic carbocycles. The van der Waals surface area contributed by atoms with Crippen LogP contribution in [0.15, 0.2) is 65.8 Å². The zero-order valence-corrected chi connectivity index (χ0v) is 16.3. The van der Waals surface area contributed by atoms with Gasteiger partial charge in [0.25, 0.3) is 0 Å². The monoisotopic (exact) mass is 399 g/mol. The summed E-state index contributed by atoms with van der Waals surface area (Å²) in [5.41, 5.74) is 1.95. The van der Waals surface area contributed by atoms with E-state index in [9.17, 15) is 8.42 Å². The highest BCUT2D eigenvalue weighted by molar-refractivity contribution is 7.89. The maximum Gasteiger partial charge on any atom is 0.243 e. The van der Waals surface area contributed by atoms with Crippen LogP contribution >= 0.6 is 0 Å². The summed E-state index contributed by atoms with van der Waals surface area (Å²) < 4.78 is 39.9. The molecule has 7 nitrogen and oxygen atoms in total. The Labute approximate surface area is 164 Å². The molecule has 0 saturated heterocycles. The van der Waals surface area contributed by atoms with Crippen molar-refractivity contribution in [3.05, 3.63) is 72.1 Å². The average Bonchev–Trinajstić information content (AvgIpc) is 3.15. The molecule has 0 radical (unpaired) electrons. The van der Waals surface area contributed by atoms with Crippen LogP contribution in [0.5, 0.6) is 11.5 Å². The lowest BCUT2D eigenvalue weighted by molar-refractivity contribution is 0.171. The fraction of sp³-hybridized carbons (Fsp3) is 0.250. The van der Waals surface area contributed by atoms with Crippen LogP contribution in [0.1, 0.15) is 11.1 Å². The molecular formula is C20H21N3O4S. The fourth-order valence-electron chi connectivity index (χ4n) is 3.05. The van der Waals surface area contributed by atoms with E-state index in [1.54, 1.807) is 24.0 Å². The van der Waals surface area contributed by atoms with Gasteiger partial charge in [0.2, 0.25) is 10.0 Å². The van der Waals surface area contributed by atoms with Crippen molar-refractivity contribution >= 4 is 10.0 Å². The molecule has 3 aromatic rings. The van der Waals surface area contributed by atoms with Crippen LogP contribution in [0.2, 0.25) is 0 Å². The zero-order valence-electron chi connectivity index (χ0n) is 15.5. The number of benzene rings is 2. The predicted molar refractivity (Wildman–Crippen MR) is 104 cm³/mol. The highest BCUT2D eigenvalue weighted by Crippen LogP contribution is 2.33. The van der Waals surface area contributed by atoms with Gasteiger partial charge in [-0.3, -0.25) is 4.68 Å². The molecule has 0 atom stereocenters. The summed E-state index contributed by atoms with van der Waals surface area (Å²) in [4.78, 5) is 0.177. The second-order valence-electron chi connectivity index (χ2n) is 6.60. The maximum absolute atomic E-state index is 12.9. The number of fused-ring (bicyclic) bond motifs is 1. The first-order valence-corrected chi connectivity index (χ1v) is 10.4. The number of sulfonamides is 1. The molecule has 8 heteroatoms. The smallest absolute Gasteiger partial charge is 0.243 e. The van der Waals surface area contributed by atoms with Crippen molar-refractivity contribution in [2.75, 3.05) is 20.3 Å². The van der Waals surface area contributed by atoms with Gasteiger partial charge in [-0.05, 0) is 17.7 Å². The molecule has 0 fully saturated rings. The minimum atomic E-state index is -3.66. The summed E-state index contributed by atoms with van der Waals surface area (Å²) in [6.07, 6.45) is 3.56. The SMILES string of the molecule is CN(Cc1cnn(Cc2ccccc2)c1)S(=O)(=O)c1ccc2c(c1)OCCO2. The molecule has 0 unspecified atom stereocenters. The molecule has 2 heterocycles. The molecule has 0 saturated carbocycles. The lowest BCUT2D eigenvalue weighted by Gasteiger charge is -2.21. The molecule has 0 N–H and O–H groups in total. The number of hydrogen-bond donors (Lipinski definition) is 0. The van der Waals surface area contributed by atoms with Crippen molar-refractivity contribution in [3.8, 4) is 11.5 Å². The second kappa shape index (κ2) is 7.65. The number of nitrogens with zero attached hydrogens (tertiary/aromatic N) is 3. The Morgan fingerprint density at radius 3 is 2.57 bits per heavy atom. The van der Waals surface area contributed by atoms with Crippen LogP contribution in [0.3, 0.4) is 0 Å². The van der Waals surface area contributed by atoms with Gasteiger partial charge in [-0.2, -0.15) is 9.40 Å². The Morgan fingerprint density at radius 2 is 1.79 bits per heavy atom. The summed E-state index contributed by atoms with van der Waals surface area (Å²) in [6.45, 7) is 1.74. The molecule has 2 aromatic carbocycles. The van der Waals surface area contributed by atoms with Crippen molar-refractivity contribution in [2.24, 2.45) is 0 Å². The Balaban J connectivity index is 1.48. The number of hydrogen-bond acceptors (Lipinski definition) is 5. The summed E-state index contributed by atoms with van der Waals surface area (Å²) in [5, 5.41) is 4.34. The lowest BCUT2D eigenvalue weighted by Crippen LogP contribution is -2.26. The Hall–Kier alpha value is -2.84. The summed E-state index contributed by atoms with van der Waals surface area (Å²) in [5.74, 6) is 1.02. The minimum absolute atomic E-state index is 0.177. The van der Waals surface area contributed by atoms with Crippen LogP contribution in [-0.4, -0.2) is 42.8 Å². The molecule has 1 aromatic heterocycles. The van der Waals surface area contributed by atoms with E-state index in [4.69, 9.17) is 9.47 Å². The first-order valence-electron chi connectivity index (χ1n) is 8.93. The zero-order chi connectivity index (χ0) is 19.6. The van der Waals surface area contributed by atoms with Gasteiger partial charge < -0.3 is 9.47 Å². The van der Waals surface area contributed by atoms with E-state index < -0.39 is 10.0 Å². The third kappa shape index (κ3) is 3.88. The van der Waals surface area contributed by atoms with E-state index >= 15 is 0 Å². The third-order valence-corrected chi connectivity index (χ3v) is 6.30. The Bertz CT molecular complexity index is 1060. The molecule has 4 rings (SSSR count). The highest BCUT2D eigenvalue weighted by atomic mass is 32.2. The summed E-state index contributed by atoms with van der Waals surface area (Å²) in [6, 6.07) is 14.7. The van der Waals surface area contributed by atoms with Crippen molar-refractivity contribution in [3.63, 3.8) is 0 Å². The van der Waals surface area contributed by atoms with E-state index in [-0.39, 0.29) is 11.4 Å². The van der Waals surface area contributed by atoms with Crippen LogP contribution in [0.4, 0.5) is 0 Å². The van der Waals surface area contributed by atoms with E-state index in [1.165, 1.54) is 16.4 Å². The summed E-state index contributed by atoms with van der Waals surface area (Å²) in [7, 11) is -2.10. The van der Waals surface area contributed by atoms with Crippen molar-refractivity contribution < 1.29 is 17.9 Å². The first kappa shape index (κ1) is 18.5. The van der Waals surface area contributed by atoms with Gasteiger partial charge in [0.15, 0.2) is 11.5 Å². The average molecular weight is 399 g/mol. The molecule has 0 bridgehead atoms. The summed E-state index contributed by atoms with van der Waals surface area (Å²) >= 11 is 0. The quantitative estimate of drug-likeness (QED) is 0.637. The van der Waals surface area contributed by atoms with Crippen LogP contribution in [0, 0.1) is 0 Å². The van der Waals surface area contributed by atoms with Crippen LogP contribution in [0.25, 0.3) is 0 Å². The molecule has 0 amide bonds. The van der Waals surface area contributed by atoms with Gasteiger partial charge in [0.05, 0.1) is 17.6 Å². The van der Waals surface area contributed by atoms with Crippen molar-refractivity contribution in [1.29, 1.82) is 0 Å². The Morgan fingerprint density at radius 1 is 1.04 bits per heavy atom. The van der Waals surface area contributed by atoms with Crippen LogP contribution < -0.4 is 9.47 Å². The molecule has 1 aliphatic heterocycles. The van der Waals surface area contributed by atoms with Gasteiger partial charge in [0.1, 0.15) is 13.2 Å². The number of aromatic nitrogens is 2. The van der Waals surface area contributed by atoms with Gasteiger partial charge in [-0.15, -0.1) is 0 Å². The molecular weight excluding hydrogens is 378 g/mol. The van der Waals surface area contributed by atoms with Gasteiger partial charge in [-0.1, -0.05) is 30.3 Å². The Kier molecular flexibility index (Phi) is 5.06. The first-order chi connectivity index (χ1) is 13.5. The third-order valence-electron chi connectivity index (χ3n) is 4.50. The van der Waals surface area contributed by atoms with E-state index in [1.807, 2.05) is 36.5 Å². The largest absolute Gasteiger partial charge is 0.486 e. The van der Waals surface area contributed by atoms with Crippen molar-refractivity contribution in [2.45, 2.75) is 18.0 Å². The topological polar surface area (TPSA) is 73.7 Å². The van der Waals surface area contributed by atoms with Crippen molar-refractivity contribution in [1.82, 2.24) is 14.1 Å². The van der Waals surface area contributed by atoms with Gasteiger partial charge in [-0.25, -0.2) is 8.42 Å². The van der Waals surface area contributed by atoms with E-state index in [0.717, 1.165) is 11.1 Å². The van der Waals surface area contributed by atoms with E-state index in [2.05, 4.69) is 5.10 Å². The van der Waals surface area contributed by atoms with Gasteiger partial charge in [0, 0.05) is 31.4 Å². The number of rotatable bonds is 6. The number of ether oxygens (including phenoxy) is 2. The maximum atomic E-state index is 12.9. The predicted octanol–water partition coefficient (Wildman–Crippen LogP) is 2.52. The lowest BCUT2D eigenvalue weighted by atomic mass is 10.2. The van der Waals surface area contributed by atoms with Gasteiger partial charge >= 0.3 is 0 Å². The standard InChI is InChI=1S/C20H21N3O4S/c1-22(13-17-12-21-23(15-17)14-16-5-3-2-4-6-16)28(24,25)18-7-8-19-20(11-18)27-10-9-26-19/h2-8,11-12,15H,9-10,13-14H2,1H3. The fourth-order valence-corrected chi connectivity index (χ4v) is 4.23. The molecule has 28 heavy (non-hydrogen) atoms.